The summed E-state index contributed by atoms with van der Waals surface area (Å²) in [6.07, 6.45) is 4.67. The van der Waals surface area contributed by atoms with Gasteiger partial charge < -0.3 is 10.2 Å². The molecule has 2 fully saturated rings. The Balaban J connectivity index is 1.30. The van der Waals surface area contributed by atoms with E-state index in [4.69, 9.17) is 0 Å². The summed E-state index contributed by atoms with van der Waals surface area (Å²) in [4.78, 5) is 4.86. The van der Waals surface area contributed by atoms with E-state index in [-0.39, 0.29) is 5.82 Å². The smallest absolute Gasteiger partial charge is 0.129 e. The molecule has 0 amide bonds. The van der Waals surface area contributed by atoms with Crippen molar-refractivity contribution in [2.24, 2.45) is 0 Å². The highest BCUT2D eigenvalue weighted by Gasteiger charge is 2.21. The lowest BCUT2D eigenvalue weighted by Crippen LogP contribution is -2.42. The maximum Gasteiger partial charge on any atom is 0.129 e. The first-order valence-electron chi connectivity index (χ1n) is 10.3. The van der Waals surface area contributed by atoms with E-state index in [0.29, 0.717) is 12.6 Å². The van der Waals surface area contributed by atoms with Crippen molar-refractivity contribution in [1.82, 2.24) is 10.2 Å². The quantitative estimate of drug-likeness (QED) is 0.826. The number of nitrogens with one attached hydrogen (secondary N) is 1. The lowest BCUT2D eigenvalue weighted by atomic mass is 10.0. The van der Waals surface area contributed by atoms with Crippen LogP contribution in [0.4, 0.5) is 10.1 Å². The van der Waals surface area contributed by atoms with Crippen LogP contribution in [0, 0.1) is 5.82 Å². The predicted molar refractivity (Wildman–Crippen MR) is 109 cm³/mol. The van der Waals surface area contributed by atoms with Crippen molar-refractivity contribution in [2.75, 3.05) is 31.1 Å². The highest BCUT2D eigenvalue weighted by Crippen LogP contribution is 2.27. The van der Waals surface area contributed by atoms with Crippen LogP contribution in [0.1, 0.15) is 36.8 Å². The van der Waals surface area contributed by atoms with E-state index in [0.717, 1.165) is 56.8 Å². The molecule has 2 aromatic carbocycles. The molecule has 0 bridgehead atoms. The van der Waals surface area contributed by atoms with Gasteiger partial charge in [0.25, 0.3) is 0 Å². The Morgan fingerprint density at radius 3 is 2.37 bits per heavy atom. The fraction of sp³-hybridized carbons (Fsp3) is 0.478. The van der Waals surface area contributed by atoms with E-state index in [2.05, 4.69) is 51.5 Å². The molecular weight excluding hydrogens is 337 g/mol. The molecule has 0 aliphatic carbocycles. The third kappa shape index (κ3) is 4.69. The van der Waals surface area contributed by atoms with Gasteiger partial charge in [0.05, 0.1) is 0 Å². The number of piperidine rings is 1. The minimum Gasteiger partial charge on any atom is -0.371 e. The van der Waals surface area contributed by atoms with Crippen LogP contribution in [0.3, 0.4) is 0 Å². The number of anilines is 1. The van der Waals surface area contributed by atoms with Crippen LogP contribution >= 0.6 is 0 Å². The van der Waals surface area contributed by atoms with Crippen LogP contribution in [0.5, 0.6) is 0 Å². The third-order valence-corrected chi connectivity index (χ3v) is 5.94. The fourth-order valence-electron chi connectivity index (χ4n) is 4.36. The summed E-state index contributed by atoms with van der Waals surface area (Å²) in [6.45, 7) is 5.95. The first-order chi connectivity index (χ1) is 13.3. The summed E-state index contributed by atoms with van der Waals surface area (Å²) in [5.41, 5.74) is 3.30. The van der Waals surface area contributed by atoms with Crippen molar-refractivity contribution in [3.8, 4) is 0 Å². The summed E-state index contributed by atoms with van der Waals surface area (Å²) in [6, 6.07) is 16.7. The van der Waals surface area contributed by atoms with Crippen LogP contribution in [-0.4, -0.2) is 37.1 Å². The zero-order valence-electron chi connectivity index (χ0n) is 16.0. The molecule has 0 aromatic heterocycles. The highest BCUT2D eigenvalue weighted by molar-refractivity contribution is 5.54. The maximum absolute atomic E-state index is 14.5. The second kappa shape index (κ2) is 8.85. The molecule has 4 rings (SSSR count). The van der Waals surface area contributed by atoms with Gasteiger partial charge in [0.1, 0.15) is 5.82 Å². The van der Waals surface area contributed by atoms with Crippen molar-refractivity contribution in [2.45, 2.75) is 44.8 Å². The third-order valence-electron chi connectivity index (χ3n) is 5.94. The first-order valence-corrected chi connectivity index (χ1v) is 10.3. The molecule has 2 aliphatic heterocycles. The molecule has 2 heterocycles. The van der Waals surface area contributed by atoms with Crippen LogP contribution in [0.25, 0.3) is 0 Å². The first kappa shape index (κ1) is 18.5. The molecule has 0 atom stereocenters. The maximum atomic E-state index is 14.5. The zero-order chi connectivity index (χ0) is 18.5. The van der Waals surface area contributed by atoms with E-state index < -0.39 is 0 Å². The van der Waals surface area contributed by atoms with E-state index >= 15 is 0 Å². The van der Waals surface area contributed by atoms with Gasteiger partial charge in [-0.2, -0.15) is 0 Å². The Morgan fingerprint density at radius 1 is 0.889 bits per heavy atom. The number of hydrogen-bond acceptors (Lipinski definition) is 3. The van der Waals surface area contributed by atoms with Crippen molar-refractivity contribution >= 4 is 5.69 Å². The van der Waals surface area contributed by atoms with Gasteiger partial charge in [0.2, 0.25) is 0 Å². The summed E-state index contributed by atoms with van der Waals surface area (Å²) in [5.74, 6) is -0.0755. The van der Waals surface area contributed by atoms with Crippen LogP contribution in [0.15, 0.2) is 48.5 Å². The van der Waals surface area contributed by atoms with Crippen LogP contribution in [-0.2, 0) is 13.1 Å². The van der Waals surface area contributed by atoms with Crippen molar-refractivity contribution in [3.05, 3.63) is 65.5 Å². The van der Waals surface area contributed by atoms with E-state index in [1.54, 1.807) is 6.07 Å². The Bertz CT molecular complexity index is 720. The Morgan fingerprint density at radius 2 is 1.63 bits per heavy atom. The summed E-state index contributed by atoms with van der Waals surface area (Å²) < 4.78 is 14.5. The van der Waals surface area contributed by atoms with Crippen LogP contribution < -0.4 is 10.2 Å². The molecule has 0 unspecified atom stereocenters. The molecule has 3 nitrogen and oxygen atoms in total. The minimum atomic E-state index is -0.0755. The molecule has 4 heteroatoms. The number of hydrogen-bond donors (Lipinski definition) is 1. The molecule has 0 spiro atoms. The molecule has 144 valence electrons. The Hall–Kier alpha value is -1.91. The molecule has 0 radical (unpaired) electrons. The second-order valence-corrected chi connectivity index (χ2v) is 7.85. The molecule has 2 saturated heterocycles. The van der Waals surface area contributed by atoms with E-state index in [9.17, 15) is 4.39 Å². The average Bonchev–Trinajstić information content (AvgIpc) is 3.23. The average molecular weight is 368 g/mol. The molecular formula is C23H30FN3. The van der Waals surface area contributed by atoms with Gasteiger partial charge >= 0.3 is 0 Å². The lowest BCUT2D eigenvalue weighted by molar-refractivity contribution is 0.190. The van der Waals surface area contributed by atoms with Gasteiger partial charge in [-0.15, -0.1) is 0 Å². The summed E-state index contributed by atoms with van der Waals surface area (Å²) in [7, 11) is 0. The monoisotopic (exact) mass is 367 g/mol. The Labute approximate surface area is 162 Å². The summed E-state index contributed by atoms with van der Waals surface area (Å²) >= 11 is 0. The standard InChI is InChI=1S/C23H30FN3/c24-22-9-6-10-23(27-13-4-5-14-27)21(22)17-25-20-11-15-26(16-12-20)18-19-7-2-1-3-8-19/h1-3,6-10,20,25H,4-5,11-18H2. The van der Waals surface area contributed by atoms with Crippen molar-refractivity contribution in [1.29, 1.82) is 0 Å². The van der Waals surface area contributed by atoms with Gasteiger partial charge in [-0.1, -0.05) is 36.4 Å². The van der Waals surface area contributed by atoms with E-state index in [1.165, 1.54) is 18.4 Å². The number of nitrogens with zero attached hydrogens (tertiary/aromatic N) is 2. The minimum absolute atomic E-state index is 0.0755. The molecule has 27 heavy (non-hydrogen) atoms. The van der Waals surface area contributed by atoms with Crippen LogP contribution in [0.2, 0.25) is 0 Å². The SMILES string of the molecule is Fc1cccc(N2CCCC2)c1CNC1CCN(Cc2ccccc2)CC1. The van der Waals surface area contributed by atoms with Gasteiger partial charge in [-0.05, 0) is 56.5 Å². The van der Waals surface area contributed by atoms with E-state index in [1.807, 2.05) is 6.07 Å². The molecule has 0 saturated carbocycles. The fourth-order valence-corrected chi connectivity index (χ4v) is 4.36. The number of likely N-dealkylation sites (tertiary alicyclic amines) is 1. The van der Waals surface area contributed by atoms with Gasteiger partial charge in [0, 0.05) is 43.5 Å². The highest BCUT2D eigenvalue weighted by atomic mass is 19.1. The zero-order valence-corrected chi connectivity index (χ0v) is 16.0. The predicted octanol–water partition coefficient (Wildman–Crippen LogP) is 4.18. The molecule has 1 N–H and O–H groups in total. The lowest BCUT2D eigenvalue weighted by Gasteiger charge is -2.33. The number of rotatable bonds is 6. The molecule has 2 aliphatic rings. The largest absolute Gasteiger partial charge is 0.371 e. The van der Waals surface area contributed by atoms with Crippen molar-refractivity contribution in [3.63, 3.8) is 0 Å². The number of halogens is 1. The second-order valence-electron chi connectivity index (χ2n) is 7.85. The number of benzene rings is 2. The summed E-state index contributed by atoms with van der Waals surface area (Å²) in [5, 5.41) is 3.63. The molecule has 2 aromatic rings. The Kier molecular flexibility index (Phi) is 6.05. The normalized spacial score (nSPS) is 18.9. The van der Waals surface area contributed by atoms with Gasteiger partial charge in [-0.3, -0.25) is 4.90 Å². The van der Waals surface area contributed by atoms with Crippen molar-refractivity contribution < 1.29 is 4.39 Å². The topological polar surface area (TPSA) is 18.5 Å². The van der Waals surface area contributed by atoms with Gasteiger partial charge in [0.15, 0.2) is 0 Å². The van der Waals surface area contributed by atoms with Gasteiger partial charge in [-0.25, -0.2) is 4.39 Å².